The van der Waals surface area contributed by atoms with Gasteiger partial charge in [0.05, 0.1) is 13.2 Å². The average Bonchev–Trinajstić information content (AvgIpc) is 2.46. The highest BCUT2D eigenvalue weighted by Gasteiger charge is 2.28. The van der Waals surface area contributed by atoms with Gasteiger partial charge in [0.2, 0.25) is 0 Å². The molecule has 2 fully saturated rings. The molecular weight excluding hydrogens is 286 g/mol. The van der Waals surface area contributed by atoms with E-state index < -0.39 is 5.60 Å². The number of urea groups is 1. The molecular formula is C15H27N3O4. The number of carbonyl (C=O) groups excluding carboxylic acids is 2. The van der Waals surface area contributed by atoms with Crippen LogP contribution in [0.2, 0.25) is 0 Å². The Balaban J connectivity index is 1.73. The fourth-order valence-corrected chi connectivity index (χ4v) is 2.64. The van der Waals surface area contributed by atoms with Crippen molar-refractivity contribution in [2.75, 3.05) is 39.4 Å². The molecule has 2 heterocycles. The van der Waals surface area contributed by atoms with Crippen molar-refractivity contribution < 1.29 is 19.1 Å². The number of morpholine rings is 1. The van der Waals surface area contributed by atoms with E-state index in [2.05, 4.69) is 5.32 Å². The van der Waals surface area contributed by atoms with E-state index in [1.54, 1.807) is 0 Å². The van der Waals surface area contributed by atoms with E-state index in [1.165, 1.54) is 0 Å². The van der Waals surface area contributed by atoms with E-state index in [0.29, 0.717) is 39.4 Å². The second-order valence-corrected chi connectivity index (χ2v) is 6.79. The maximum absolute atomic E-state index is 12.4. The Labute approximate surface area is 131 Å². The minimum absolute atomic E-state index is 0.0728. The summed E-state index contributed by atoms with van der Waals surface area (Å²) in [5.41, 5.74) is -0.489. The molecule has 0 saturated carbocycles. The van der Waals surface area contributed by atoms with Gasteiger partial charge in [0, 0.05) is 32.2 Å². The van der Waals surface area contributed by atoms with Crippen LogP contribution >= 0.6 is 0 Å². The van der Waals surface area contributed by atoms with Gasteiger partial charge in [-0.05, 0) is 33.6 Å². The third-order valence-corrected chi connectivity index (χ3v) is 3.77. The summed E-state index contributed by atoms with van der Waals surface area (Å²) in [5.74, 6) is 0. The molecule has 0 spiro atoms. The fraction of sp³-hybridized carbons (Fsp3) is 0.867. The molecule has 22 heavy (non-hydrogen) atoms. The number of likely N-dealkylation sites (tertiary alicyclic amines) is 1. The van der Waals surface area contributed by atoms with Crippen molar-refractivity contribution in [3.63, 3.8) is 0 Å². The van der Waals surface area contributed by atoms with Crippen molar-refractivity contribution in [3.8, 4) is 0 Å². The summed E-state index contributed by atoms with van der Waals surface area (Å²) in [6.45, 7) is 9.41. The van der Waals surface area contributed by atoms with Crippen LogP contribution in [0.4, 0.5) is 9.59 Å². The molecule has 0 aromatic carbocycles. The van der Waals surface area contributed by atoms with E-state index in [0.717, 1.165) is 12.8 Å². The van der Waals surface area contributed by atoms with Crippen molar-refractivity contribution in [2.24, 2.45) is 0 Å². The summed E-state index contributed by atoms with van der Waals surface area (Å²) in [5, 5.41) is 2.88. The maximum Gasteiger partial charge on any atom is 0.407 e. The first kappa shape index (κ1) is 16.9. The Morgan fingerprint density at radius 2 is 1.59 bits per heavy atom. The van der Waals surface area contributed by atoms with Gasteiger partial charge in [0.25, 0.3) is 0 Å². The lowest BCUT2D eigenvalue weighted by Gasteiger charge is -2.37. The molecule has 0 bridgehead atoms. The molecule has 0 unspecified atom stereocenters. The molecule has 2 saturated heterocycles. The predicted molar refractivity (Wildman–Crippen MR) is 81.8 cm³/mol. The van der Waals surface area contributed by atoms with Gasteiger partial charge in [-0.3, -0.25) is 0 Å². The summed E-state index contributed by atoms with van der Waals surface area (Å²) >= 11 is 0. The van der Waals surface area contributed by atoms with Gasteiger partial charge in [-0.15, -0.1) is 0 Å². The Bertz CT molecular complexity index is 394. The van der Waals surface area contributed by atoms with Gasteiger partial charge in [-0.25, -0.2) is 9.59 Å². The summed E-state index contributed by atoms with van der Waals surface area (Å²) in [6, 6.07) is 0.155. The standard InChI is InChI=1S/C15H27N3O4/c1-15(2,3)22-13(19)16-12-4-6-17(7-5-12)14(20)18-8-10-21-11-9-18/h12H,4-11H2,1-3H3,(H,16,19). The lowest BCUT2D eigenvalue weighted by Crippen LogP contribution is -2.53. The van der Waals surface area contributed by atoms with Gasteiger partial charge in [0.15, 0.2) is 0 Å². The van der Waals surface area contributed by atoms with Crippen LogP contribution < -0.4 is 5.32 Å². The Kier molecular flexibility index (Phi) is 5.50. The Morgan fingerprint density at radius 3 is 2.14 bits per heavy atom. The summed E-state index contributed by atoms with van der Waals surface area (Å²) in [4.78, 5) is 27.8. The summed E-state index contributed by atoms with van der Waals surface area (Å²) in [6.07, 6.45) is 1.13. The van der Waals surface area contributed by atoms with Crippen molar-refractivity contribution in [1.29, 1.82) is 0 Å². The molecule has 1 N–H and O–H groups in total. The molecule has 2 rings (SSSR count). The van der Waals surface area contributed by atoms with Gasteiger partial charge >= 0.3 is 12.1 Å². The van der Waals surface area contributed by atoms with Crippen LogP contribution in [0.1, 0.15) is 33.6 Å². The van der Waals surface area contributed by atoms with Crippen molar-refractivity contribution in [2.45, 2.75) is 45.3 Å². The van der Waals surface area contributed by atoms with E-state index in [4.69, 9.17) is 9.47 Å². The molecule has 7 heteroatoms. The highest BCUT2D eigenvalue weighted by atomic mass is 16.6. The van der Waals surface area contributed by atoms with Crippen LogP contribution in [-0.2, 0) is 9.47 Å². The van der Waals surface area contributed by atoms with E-state index in [9.17, 15) is 9.59 Å². The third-order valence-electron chi connectivity index (χ3n) is 3.77. The van der Waals surface area contributed by atoms with E-state index >= 15 is 0 Å². The molecule has 7 nitrogen and oxygen atoms in total. The van der Waals surface area contributed by atoms with Crippen LogP contribution in [-0.4, -0.2) is 73.0 Å². The van der Waals surface area contributed by atoms with Crippen LogP contribution in [0.15, 0.2) is 0 Å². The first-order valence-electron chi connectivity index (χ1n) is 7.96. The first-order valence-corrected chi connectivity index (χ1v) is 7.96. The fourth-order valence-electron chi connectivity index (χ4n) is 2.64. The SMILES string of the molecule is CC(C)(C)OC(=O)NC1CCN(C(=O)N2CCOCC2)CC1. The zero-order valence-electron chi connectivity index (χ0n) is 13.8. The number of nitrogens with one attached hydrogen (secondary N) is 1. The summed E-state index contributed by atoms with van der Waals surface area (Å²) < 4.78 is 10.5. The summed E-state index contributed by atoms with van der Waals surface area (Å²) in [7, 11) is 0. The Morgan fingerprint density at radius 1 is 1.05 bits per heavy atom. The highest BCUT2D eigenvalue weighted by molar-refractivity contribution is 5.74. The first-order chi connectivity index (χ1) is 10.3. The van der Waals surface area contributed by atoms with Gasteiger partial charge in [-0.1, -0.05) is 0 Å². The molecule has 2 aliphatic heterocycles. The quantitative estimate of drug-likeness (QED) is 0.795. The third kappa shape index (κ3) is 5.05. The number of carbonyl (C=O) groups is 2. The van der Waals surface area contributed by atoms with Crippen LogP contribution in [0.5, 0.6) is 0 Å². The normalized spacial score (nSPS) is 20.7. The second kappa shape index (κ2) is 7.17. The molecule has 126 valence electrons. The molecule has 0 atom stereocenters. The number of alkyl carbamates (subject to hydrolysis) is 1. The number of rotatable bonds is 1. The number of nitrogens with zero attached hydrogens (tertiary/aromatic N) is 2. The second-order valence-electron chi connectivity index (χ2n) is 6.79. The Hall–Kier alpha value is -1.50. The van der Waals surface area contributed by atoms with E-state index in [-0.39, 0.29) is 18.2 Å². The number of amides is 3. The van der Waals surface area contributed by atoms with Crippen LogP contribution in [0, 0.1) is 0 Å². The van der Waals surface area contributed by atoms with Crippen molar-refractivity contribution in [1.82, 2.24) is 15.1 Å². The number of hydrogen-bond acceptors (Lipinski definition) is 4. The minimum atomic E-state index is -0.489. The minimum Gasteiger partial charge on any atom is -0.444 e. The predicted octanol–water partition coefficient (Wildman–Crippen LogP) is 1.43. The number of piperidine rings is 1. The molecule has 0 aliphatic carbocycles. The van der Waals surface area contributed by atoms with Crippen LogP contribution in [0.25, 0.3) is 0 Å². The van der Waals surface area contributed by atoms with E-state index in [1.807, 2.05) is 30.6 Å². The highest BCUT2D eigenvalue weighted by Crippen LogP contribution is 2.14. The number of ether oxygens (including phenoxy) is 2. The molecule has 0 aromatic rings. The molecule has 0 radical (unpaired) electrons. The zero-order chi connectivity index (χ0) is 16.2. The molecule has 2 aliphatic rings. The lowest BCUT2D eigenvalue weighted by atomic mass is 10.1. The van der Waals surface area contributed by atoms with Crippen molar-refractivity contribution in [3.05, 3.63) is 0 Å². The van der Waals surface area contributed by atoms with Crippen LogP contribution in [0.3, 0.4) is 0 Å². The maximum atomic E-state index is 12.4. The smallest absolute Gasteiger partial charge is 0.407 e. The van der Waals surface area contributed by atoms with Gasteiger partial charge in [0.1, 0.15) is 5.60 Å². The molecule has 3 amide bonds. The van der Waals surface area contributed by atoms with Gasteiger partial charge < -0.3 is 24.6 Å². The average molecular weight is 313 g/mol. The zero-order valence-corrected chi connectivity index (χ0v) is 13.8. The van der Waals surface area contributed by atoms with Crippen molar-refractivity contribution >= 4 is 12.1 Å². The lowest BCUT2D eigenvalue weighted by molar-refractivity contribution is 0.0384. The molecule has 0 aromatic heterocycles. The monoisotopic (exact) mass is 313 g/mol. The largest absolute Gasteiger partial charge is 0.444 e. The number of hydrogen-bond donors (Lipinski definition) is 1. The van der Waals surface area contributed by atoms with Gasteiger partial charge in [-0.2, -0.15) is 0 Å². The topological polar surface area (TPSA) is 71.1 Å².